The molecule has 146 valence electrons. The van der Waals surface area contributed by atoms with Gasteiger partial charge in [0.15, 0.2) is 0 Å². The molecule has 0 spiro atoms. The normalized spacial score (nSPS) is 15.3. The summed E-state index contributed by atoms with van der Waals surface area (Å²) < 4.78 is 2.13. The molecule has 1 aliphatic rings. The number of rotatable bonds is 5. The zero-order valence-corrected chi connectivity index (χ0v) is 16.5. The van der Waals surface area contributed by atoms with Crippen LogP contribution in [0.4, 0.5) is 10.5 Å². The van der Waals surface area contributed by atoms with Gasteiger partial charge in [-0.25, -0.2) is 9.69 Å². The van der Waals surface area contributed by atoms with Crippen molar-refractivity contribution in [3.63, 3.8) is 0 Å². The van der Waals surface area contributed by atoms with Crippen molar-refractivity contribution < 1.29 is 14.4 Å². The molecule has 1 aliphatic heterocycles. The van der Waals surface area contributed by atoms with E-state index < -0.39 is 17.8 Å². The van der Waals surface area contributed by atoms with E-state index in [0.717, 1.165) is 34.0 Å². The zero-order chi connectivity index (χ0) is 20.4. The number of imide groups is 1. The summed E-state index contributed by atoms with van der Waals surface area (Å²) in [5.74, 6) is -0.936. The largest absolute Gasteiger partial charge is 0.349 e. The molecule has 28 heavy (non-hydrogen) atoms. The maximum absolute atomic E-state index is 12.6. The van der Waals surface area contributed by atoms with Gasteiger partial charge in [-0.3, -0.25) is 9.59 Å². The number of urea groups is 1. The molecule has 0 bridgehead atoms. The summed E-state index contributed by atoms with van der Waals surface area (Å²) in [7, 11) is 0. The van der Waals surface area contributed by atoms with E-state index in [9.17, 15) is 14.4 Å². The predicted octanol–water partition coefficient (Wildman–Crippen LogP) is 2.96. The van der Waals surface area contributed by atoms with Gasteiger partial charge in [0, 0.05) is 23.6 Å². The number of aromatic nitrogens is 1. The first-order valence-corrected chi connectivity index (χ1v) is 9.18. The van der Waals surface area contributed by atoms with E-state index in [1.807, 2.05) is 52.0 Å². The summed E-state index contributed by atoms with van der Waals surface area (Å²) in [4.78, 5) is 38.1. The standard InChI is InChI=1S/C21H24N4O3/c1-5-24-14(3)10-16(15(24)4)11-18-20(27)25(21(28)23-18)12-19(26)22-17-9-7-6-8-13(17)2/h6-11H,5,12H2,1-4H3,(H,22,26)(H,23,28)/b18-11-. The SMILES string of the molecule is CCn1c(C)cc(/C=C2\NC(=O)N(CC(=O)Nc3ccccc3C)C2=O)c1C. The molecule has 3 rings (SSSR count). The fraction of sp³-hybridized carbons (Fsp3) is 0.286. The highest BCUT2D eigenvalue weighted by atomic mass is 16.2. The van der Waals surface area contributed by atoms with Crippen molar-refractivity contribution in [1.29, 1.82) is 0 Å². The van der Waals surface area contributed by atoms with Crippen molar-refractivity contribution in [2.45, 2.75) is 34.2 Å². The Bertz CT molecular complexity index is 988. The minimum atomic E-state index is -0.597. The van der Waals surface area contributed by atoms with Gasteiger partial charge in [-0.1, -0.05) is 18.2 Å². The molecule has 0 atom stereocenters. The van der Waals surface area contributed by atoms with Crippen LogP contribution < -0.4 is 10.6 Å². The molecular weight excluding hydrogens is 356 g/mol. The van der Waals surface area contributed by atoms with Crippen molar-refractivity contribution in [2.75, 3.05) is 11.9 Å². The maximum Gasteiger partial charge on any atom is 0.329 e. The summed E-state index contributed by atoms with van der Waals surface area (Å²) in [5, 5.41) is 5.30. The Morgan fingerprint density at radius 3 is 2.54 bits per heavy atom. The number of hydrogen-bond donors (Lipinski definition) is 2. The molecular formula is C21H24N4O3. The van der Waals surface area contributed by atoms with Gasteiger partial charge < -0.3 is 15.2 Å². The molecule has 1 saturated heterocycles. The average molecular weight is 380 g/mol. The van der Waals surface area contributed by atoms with Crippen molar-refractivity contribution in [3.05, 3.63) is 58.5 Å². The zero-order valence-electron chi connectivity index (χ0n) is 16.5. The van der Waals surface area contributed by atoms with Crippen molar-refractivity contribution in [3.8, 4) is 0 Å². The molecule has 0 unspecified atom stereocenters. The van der Waals surface area contributed by atoms with Gasteiger partial charge in [-0.05, 0) is 57.0 Å². The van der Waals surface area contributed by atoms with Crippen molar-refractivity contribution in [1.82, 2.24) is 14.8 Å². The van der Waals surface area contributed by atoms with Crippen LogP contribution in [0.2, 0.25) is 0 Å². The van der Waals surface area contributed by atoms with Gasteiger partial charge in [0.25, 0.3) is 5.91 Å². The summed E-state index contributed by atoms with van der Waals surface area (Å²) in [6.45, 7) is 8.37. The Morgan fingerprint density at radius 2 is 1.89 bits per heavy atom. The van der Waals surface area contributed by atoms with Crippen LogP contribution >= 0.6 is 0 Å². The second-order valence-electron chi connectivity index (χ2n) is 6.81. The number of hydrogen-bond acceptors (Lipinski definition) is 3. The number of amides is 4. The summed E-state index contributed by atoms with van der Waals surface area (Å²) in [5.41, 5.74) is 4.70. The Balaban J connectivity index is 1.75. The Hall–Kier alpha value is -3.35. The van der Waals surface area contributed by atoms with Crippen molar-refractivity contribution in [2.24, 2.45) is 0 Å². The summed E-state index contributed by atoms with van der Waals surface area (Å²) >= 11 is 0. The van der Waals surface area contributed by atoms with Crippen LogP contribution in [0.1, 0.15) is 29.4 Å². The second-order valence-corrected chi connectivity index (χ2v) is 6.81. The van der Waals surface area contributed by atoms with Gasteiger partial charge in [0.1, 0.15) is 12.2 Å². The van der Waals surface area contributed by atoms with Crippen LogP contribution in [0, 0.1) is 20.8 Å². The lowest BCUT2D eigenvalue weighted by Crippen LogP contribution is -2.38. The molecule has 2 aromatic rings. The fourth-order valence-electron chi connectivity index (χ4n) is 3.38. The highest BCUT2D eigenvalue weighted by Gasteiger charge is 2.35. The molecule has 4 amide bonds. The number of aryl methyl sites for hydroxylation is 2. The van der Waals surface area contributed by atoms with Crippen LogP contribution in [0.15, 0.2) is 36.0 Å². The Morgan fingerprint density at radius 1 is 1.18 bits per heavy atom. The van der Waals surface area contributed by atoms with Gasteiger partial charge in [0.2, 0.25) is 5.91 Å². The second kappa shape index (κ2) is 7.72. The lowest BCUT2D eigenvalue weighted by molar-refractivity contribution is -0.127. The van der Waals surface area contributed by atoms with E-state index in [1.165, 1.54) is 0 Å². The van der Waals surface area contributed by atoms with Crippen LogP contribution in [-0.4, -0.2) is 33.9 Å². The number of para-hydroxylation sites is 1. The van der Waals surface area contributed by atoms with E-state index in [0.29, 0.717) is 5.69 Å². The molecule has 0 aliphatic carbocycles. The first-order valence-electron chi connectivity index (χ1n) is 9.18. The number of nitrogens with one attached hydrogen (secondary N) is 2. The minimum Gasteiger partial charge on any atom is -0.349 e. The molecule has 2 N–H and O–H groups in total. The maximum atomic E-state index is 12.6. The quantitative estimate of drug-likeness (QED) is 0.618. The van der Waals surface area contributed by atoms with Crippen LogP contribution in [0.5, 0.6) is 0 Å². The van der Waals surface area contributed by atoms with Gasteiger partial charge in [-0.2, -0.15) is 0 Å². The number of carbonyl (C=O) groups is 3. The molecule has 1 aromatic heterocycles. The first kappa shape index (κ1) is 19.4. The molecule has 7 nitrogen and oxygen atoms in total. The topological polar surface area (TPSA) is 83.4 Å². The first-order chi connectivity index (χ1) is 13.3. The smallest absolute Gasteiger partial charge is 0.329 e. The third-order valence-corrected chi connectivity index (χ3v) is 4.91. The highest BCUT2D eigenvalue weighted by molar-refractivity contribution is 6.16. The minimum absolute atomic E-state index is 0.171. The number of benzene rings is 1. The predicted molar refractivity (Wildman–Crippen MR) is 108 cm³/mol. The number of carbonyl (C=O) groups excluding carboxylic acids is 3. The third kappa shape index (κ3) is 3.69. The van der Waals surface area contributed by atoms with Crippen LogP contribution in [0.25, 0.3) is 6.08 Å². The lowest BCUT2D eigenvalue weighted by Gasteiger charge is -2.13. The van der Waals surface area contributed by atoms with Crippen molar-refractivity contribution >= 4 is 29.6 Å². The summed E-state index contributed by atoms with van der Waals surface area (Å²) in [6.07, 6.45) is 1.66. The highest BCUT2D eigenvalue weighted by Crippen LogP contribution is 2.20. The molecule has 0 radical (unpaired) electrons. The Labute approximate surface area is 164 Å². The fourth-order valence-corrected chi connectivity index (χ4v) is 3.38. The summed E-state index contributed by atoms with van der Waals surface area (Å²) in [6, 6.07) is 8.70. The van der Waals surface area contributed by atoms with Gasteiger partial charge in [0.05, 0.1) is 0 Å². The molecule has 0 saturated carbocycles. The van der Waals surface area contributed by atoms with Gasteiger partial charge >= 0.3 is 6.03 Å². The van der Waals surface area contributed by atoms with Crippen LogP contribution in [-0.2, 0) is 16.1 Å². The van der Waals surface area contributed by atoms with Crippen LogP contribution in [0.3, 0.4) is 0 Å². The molecule has 2 heterocycles. The van der Waals surface area contributed by atoms with E-state index in [1.54, 1.807) is 12.1 Å². The van der Waals surface area contributed by atoms with E-state index in [2.05, 4.69) is 15.2 Å². The molecule has 7 heteroatoms. The molecule has 1 aromatic carbocycles. The van der Waals surface area contributed by atoms with Gasteiger partial charge in [-0.15, -0.1) is 0 Å². The Kier molecular flexibility index (Phi) is 5.35. The lowest BCUT2D eigenvalue weighted by atomic mass is 10.2. The monoisotopic (exact) mass is 380 g/mol. The van der Waals surface area contributed by atoms with E-state index >= 15 is 0 Å². The number of nitrogens with zero attached hydrogens (tertiary/aromatic N) is 2. The third-order valence-electron chi connectivity index (χ3n) is 4.91. The average Bonchev–Trinajstić information content (AvgIpc) is 3.06. The van der Waals surface area contributed by atoms with E-state index in [-0.39, 0.29) is 12.2 Å². The number of anilines is 1. The molecule has 1 fully saturated rings. The van der Waals surface area contributed by atoms with E-state index in [4.69, 9.17) is 0 Å².